The Labute approximate surface area is 76.5 Å². The van der Waals surface area contributed by atoms with Crippen molar-refractivity contribution >= 4 is 11.9 Å². The minimum Gasteiger partial charge on any atom is -0.454 e. The van der Waals surface area contributed by atoms with Gasteiger partial charge in [0.2, 0.25) is 0 Å². The summed E-state index contributed by atoms with van der Waals surface area (Å²) < 4.78 is 4.59. The Morgan fingerprint density at radius 1 is 1.46 bits per heavy atom. The summed E-state index contributed by atoms with van der Waals surface area (Å²) in [5, 5.41) is 0. The second kappa shape index (κ2) is 4.45. The van der Waals surface area contributed by atoms with E-state index in [9.17, 15) is 9.59 Å². The van der Waals surface area contributed by atoms with Crippen molar-refractivity contribution in [1.82, 2.24) is 4.90 Å². The first-order valence-corrected chi connectivity index (χ1v) is 3.97. The van der Waals surface area contributed by atoms with Gasteiger partial charge in [-0.25, -0.2) is 4.79 Å². The molecule has 1 aliphatic heterocycles. The molecule has 1 aliphatic rings. The van der Waals surface area contributed by atoms with Crippen LogP contribution in [0.25, 0.3) is 0 Å². The smallest absolute Gasteiger partial charge is 0.397 e. The fourth-order valence-corrected chi connectivity index (χ4v) is 0.969. The van der Waals surface area contributed by atoms with Crippen LogP contribution >= 0.6 is 0 Å². The molecular weight excluding hydrogens is 170 g/mol. The molecule has 0 spiro atoms. The van der Waals surface area contributed by atoms with Crippen molar-refractivity contribution in [3.63, 3.8) is 0 Å². The molecular formula is C9H11NO3. The van der Waals surface area contributed by atoms with Crippen LogP contribution in [0.5, 0.6) is 0 Å². The molecule has 0 aromatic rings. The van der Waals surface area contributed by atoms with Crippen LogP contribution < -0.4 is 0 Å². The van der Waals surface area contributed by atoms with Crippen LogP contribution in [0.1, 0.15) is 0 Å². The summed E-state index contributed by atoms with van der Waals surface area (Å²) in [7, 11) is 0. The normalized spacial score (nSPS) is 14.3. The topological polar surface area (TPSA) is 46.6 Å². The van der Waals surface area contributed by atoms with Crippen molar-refractivity contribution in [3.8, 4) is 0 Å². The van der Waals surface area contributed by atoms with Gasteiger partial charge in [-0.05, 0) is 0 Å². The first-order valence-electron chi connectivity index (χ1n) is 3.97. The number of esters is 1. The molecule has 0 aromatic heterocycles. The zero-order chi connectivity index (χ0) is 9.68. The highest BCUT2D eigenvalue weighted by Crippen LogP contribution is 2.00. The third kappa shape index (κ3) is 2.43. The van der Waals surface area contributed by atoms with Gasteiger partial charge in [-0.3, -0.25) is 4.79 Å². The summed E-state index contributed by atoms with van der Waals surface area (Å²) in [6.07, 6.45) is 5.09. The van der Waals surface area contributed by atoms with Gasteiger partial charge in [-0.2, -0.15) is 0 Å². The fraction of sp³-hybridized carbons (Fsp3) is 0.333. The van der Waals surface area contributed by atoms with Gasteiger partial charge in [0.25, 0.3) is 0 Å². The van der Waals surface area contributed by atoms with E-state index in [1.165, 1.54) is 11.0 Å². The van der Waals surface area contributed by atoms with Crippen molar-refractivity contribution in [2.24, 2.45) is 0 Å². The summed E-state index contributed by atoms with van der Waals surface area (Å²) in [4.78, 5) is 23.6. The summed E-state index contributed by atoms with van der Waals surface area (Å²) >= 11 is 0. The number of amides is 1. The third-order valence-electron chi connectivity index (χ3n) is 1.61. The largest absolute Gasteiger partial charge is 0.454 e. The minimum absolute atomic E-state index is 0.0752. The number of ether oxygens (including phenoxy) is 1. The lowest BCUT2D eigenvalue weighted by atomic mass is 10.5. The summed E-state index contributed by atoms with van der Waals surface area (Å²) in [5.74, 6) is -1.41. The van der Waals surface area contributed by atoms with Gasteiger partial charge < -0.3 is 9.64 Å². The van der Waals surface area contributed by atoms with Crippen molar-refractivity contribution in [2.75, 3.05) is 19.7 Å². The third-order valence-corrected chi connectivity index (χ3v) is 1.61. The molecule has 0 saturated carbocycles. The van der Waals surface area contributed by atoms with Gasteiger partial charge in [0.05, 0.1) is 0 Å². The van der Waals surface area contributed by atoms with Crippen LogP contribution in [0.2, 0.25) is 0 Å². The zero-order valence-corrected chi connectivity index (χ0v) is 7.23. The van der Waals surface area contributed by atoms with E-state index in [0.717, 1.165) is 0 Å². The number of carbonyl (C=O) groups excluding carboxylic acids is 2. The summed E-state index contributed by atoms with van der Waals surface area (Å²) in [6.45, 7) is 4.43. The number of hydrogen-bond donors (Lipinski definition) is 0. The zero-order valence-electron chi connectivity index (χ0n) is 7.23. The molecule has 1 rings (SSSR count). The lowest BCUT2D eigenvalue weighted by Crippen LogP contribution is -2.35. The van der Waals surface area contributed by atoms with Crippen LogP contribution in [0.4, 0.5) is 0 Å². The van der Waals surface area contributed by atoms with Crippen LogP contribution in [-0.4, -0.2) is 36.5 Å². The van der Waals surface area contributed by atoms with E-state index in [-0.39, 0.29) is 6.61 Å². The quantitative estimate of drug-likeness (QED) is 0.345. The van der Waals surface area contributed by atoms with Gasteiger partial charge in [-0.1, -0.05) is 24.8 Å². The number of nitrogens with zero attached hydrogens (tertiary/aromatic N) is 1. The Balaban J connectivity index is 2.38. The molecule has 4 nitrogen and oxygen atoms in total. The van der Waals surface area contributed by atoms with Crippen LogP contribution in [-0.2, 0) is 14.3 Å². The van der Waals surface area contributed by atoms with Gasteiger partial charge in [-0.15, -0.1) is 0 Å². The Kier molecular flexibility index (Phi) is 3.25. The van der Waals surface area contributed by atoms with E-state index < -0.39 is 11.9 Å². The molecule has 0 fully saturated rings. The molecule has 0 aliphatic carbocycles. The van der Waals surface area contributed by atoms with E-state index in [1.54, 1.807) is 0 Å². The molecule has 70 valence electrons. The molecule has 13 heavy (non-hydrogen) atoms. The monoisotopic (exact) mass is 181 g/mol. The van der Waals surface area contributed by atoms with E-state index in [1.807, 2.05) is 12.2 Å². The fourth-order valence-electron chi connectivity index (χ4n) is 0.969. The standard InChI is InChI=1S/C9H11NO3/c1-2-7-13-9(12)8(11)10-5-3-4-6-10/h2-4H,1,5-7H2. The van der Waals surface area contributed by atoms with Crippen LogP contribution in [0, 0.1) is 0 Å². The Hall–Kier alpha value is -1.58. The highest BCUT2D eigenvalue weighted by molar-refractivity contribution is 6.32. The molecule has 0 bridgehead atoms. The summed E-state index contributed by atoms with van der Waals surface area (Å²) in [5.41, 5.74) is 0. The van der Waals surface area contributed by atoms with Crippen molar-refractivity contribution in [1.29, 1.82) is 0 Å². The molecule has 4 heteroatoms. The Bertz CT molecular complexity index is 250. The van der Waals surface area contributed by atoms with E-state index in [0.29, 0.717) is 13.1 Å². The first-order chi connectivity index (χ1) is 6.25. The van der Waals surface area contributed by atoms with Gasteiger partial charge in [0, 0.05) is 13.1 Å². The van der Waals surface area contributed by atoms with E-state index in [4.69, 9.17) is 0 Å². The van der Waals surface area contributed by atoms with E-state index >= 15 is 0 Å². The van der Waals surface area contributed by atoms with E-state index in [2.05, 4.69) is 11.3 Å². The average molecular weight is 181 g/mol. The molecule has 1 amide bonds. The highest BCUT2D eigenvalue weighted by atomic mass is 16.5. The van der Waals surface area contributed by atoms with Crippen molar-refractivity contribution < 1.29 is 14.3 Å². The highest BCUT2D eigenvalue weighted by Gasteiger charge is 2.22. The Morgan fingerprint density at radius 2 is 2.08 bits per heavy atom. The number of hydrogen-bond acceptors (Lipinski definition) is 3. The van der Waals surface area contributed by atoms with Crippen molar-refractivity contribution in [3.05, 3.63) is 24.8 Å². The minimum atomic E-state index is -0.816. The molecule has 1 heterocycles. The second-order valence-electron chi connectivity index (χ2n) is 2.57. The molecule has 0 radical (unpaired) electrons. The Morgan fingerprint density at radius 3 is 2.62 bits per heavy atom. The molecule has 0 saturated heterocycles. The summed E-state index contributed by atoms with van der Waals surface area (Å²) in [6, 6.07) is 0. The lowest BCUT2D eigenvalue weighted by Gasteiger charge is -2.13. The van der Waals surface area contributed by atoms with Gasteiger partial charge >= 0.3 is 11.9 Å². The first kappa shape index (κ1) is 9.51. The molecule has 0 atom stereocenters. The number of rotatable bonds is 2. The van der Waals surface area contributed by atoms with Gasteiger partial charge in [0.15, 0.2) is 0 Å². The molecule has 0 N–H and O–H groups in total. The maximum absolute atomic E-state index is 11.2. The van der Waals surface area contributed by atoms with Crippen LogP contribution in [0.15, 0.2) is 24.8 Å². The maximum atomic E-state index is 11.2. The number of carbonyl (C=O) groups is 2. The van der Waals surface area contributed by atoms with Crippen LogP contribution in [0.3, 0.4) is 0 Å². The molecule has 0 aromatic carbocycles. The van der Waals surface area contributed by atoms with Gasteiger partial charge in [0.1, 0.15) is 6.61 Å². The average Bonchev–Trinajstić information content (AvgIpc) is 2.65. The lowest BCUT2D eigenvalue weighted by molar-refractivity contribution is -0.158. The SMILES string of the molecule is C=CCOC(=O)C(=O)N1CC=CC1. The van der Waals surface area contributed by atoms with Crippen molar-refractivity contribution in [2.45, 2.75) is 0 Å². The maximum Gasteiger partial charge on any atom is 0.397 e. The molecule has 0 unspecified atom stereocenters. The predicted molar refractivity (Wildman–Crippen MR) is 46.9 cm³/mol. The predicted octanol–water partition coefficient (Wildman–Crippen LogP) is 0.114. The second-order valence-corrected chi connectivity index (χ2v) is 2.57.